The number of benzene rings is 2. The summed E-state index contributed by atoms with van der Waals surface area (Å²) < 4.78 is 29.5. The molecule has 2 heterocycles. The van der Waals surface area contributed by atoms with Gasteiger partial charge in [0.05, 0.1) is 5.69 Å². The van der Waals surface area contributed by atoms with Crippen LogP contribution in [-0.4, -0.2) is 25.7 Å². The van der Waals surface area contributed by atoms with Crippen LogP contribution in [0.3, 0.4) is 0 Å². The maximum Gasteiger partial charge on any atom is 0.286 e. The lowest BCUT2D eigenvalue weighted by Gasteiger charge is -2.21. The lowest BCUT2D eigenvalue weighted by atomic mass is 10.0. The van der Waals surface area contributed by atoms with Crippen LogP contribution in [0.25, 0.3) is 0 Å². The van der Waals surface area contributed by atoms with Gasteiger partial charge in [-0.2, -0.15) is 8.42 Å². The van der Waals surface area contributed by atoms with E-state index in [1.807, 2.05) is 30.3 Å². The number of nitrogens with zero attached hydrogens (tertiary/aromatic N) is 2. The smallest absolute Gasteiger partial charge is 0.286 e. The number of aliphatic imine (C=N–C) groups is 1. The van der Waals surface area contributed by atoms with Crippen molar-refractivity contribution in [3.63, 3.8) is 0 Å². The fourth-order valence-electron chi connectivity index (χ4n) is 3.01. The number of rotatable bonds is 3. The molecule has 1 N–H and O–H groups in total. The first-order valence-electron chi connectivity index (χ1n) is 8.09. The van der Waals surface area contributed by atoms with Gasteiger partial charge in [0.15, 0.2) is 11.6 Å². The minimum Gasteiger partial charge on any atom is -0.336 e. The van der Waals surface area contributed by atoms with Crippen molar-refractivity contribution in [2.24, 2.45) is 9.39 Å². The van der Waals surface area contributed by atoms with E-state index < -0.39 is 10.0 Å². The Kier molecular flexibility index (Phi) is 4.00. The quantitative estimate of drug-likeness (QED) is 0.906. The minimum absolute atomic E-state index is 0.0243. The van der Waals surface area contributed by atoms with Crippen LogP contribution in [-0.2, 0) is 21.2 Å². The van der Waals surface area contributed by atoms with Crippen LogP contribution in [0.15, 0.2) is 75.1 Å². The van der Waals surface area contributed by atoms with Gasteiger partial charge in [0, 0.05) is 12.6 Å². The molecule has 0 fully saturated rings. The van der Waals surface area contributed by atoms with Crippen LogP contribution >= 0.6 is 0 Å². The number of allylic oxidation sites excluding steroid dienone is 1. The highest BCUT2D eigenvalue weighted by molar-refractivity contribution is 7.90. The predicted octanol–water partition coefficient (Wildman–Crippen LogP) is 2.72. The first kappa shape index (κ1) is 16.4. The summed E-state index contributed by atoms with van der Waals surface area (Å²) in [6, 6.07) is 14.8. The highest BCUT2D eigenvalue weighted by Gasteiger charge is 2.31. The highest BCUT2D eigenvalue weighted by atomic mass is 32.2. The van der Waals surface area contributed by atoms with E-state index in [0.29, 0.717) is 17.7 Å². The molecule has 0 radical (unpaired) electrons. The van der Waals surface area contributed by atoms with Gasteiger partial charge in [-0.15, -0.1) is 4.40 Å². The maximum atomic E-state index is 12.8. The molecular formula is C19H15N3O3S. The zero-order valence-corrected chi connectivity index (χ0v) is 14.5. The monoisotopic (exact) mass is 365 g/mol. The molecular weight excluding hydrogens is 350 g/mol. The van der Waals surface area contributed by atoms with Gasteiger partial charge >= 0.3 is 0 Å². The summed E-state index contributed by atoms with van der Waals surface area (Å²) in [6.07, 6.45) is 3.75. The lowest BCUT2D eigenvalue weighted by Crippen LogP contribution is -2.34. The second-order valence-electron chi connectivity index (χ2n) is 5.99. The molecule has 7 heteroatoms. The number of fused-ring (bicyclic) bond motifs is 1. The molecule has 2 aromatic rings. The number of anilines is 1. The second-order valence-corrected chi connectivity index (χ2v) is 7.53. The average molecular weight is 365 g/mol. The van der Waals surface area contributed by atoms with Crippen LogP contribution < -0.4 is 5.32 Å². The van der Waals surface area contributed by atoms with E-state index in [4.69, 9.17) is 0 Å². The molecule has 6 nitrogen and oxygen atoms in total. The number of amidine groups is 1. The first-order chi connectivity index (χ1) is 12.5. The Balaban J connectivity index is 1.78. The summed E-state index contributed by atoms with van der Waals surface area (Å²) >= 11 is 0. The van der Waals surface area contributed by atoms with Crippen molar-refractivity contribution in [1.82, 2.24) is 0 Å². The standard InChI is InChI=1S/C19H15N3O3S/c23-16-10-5-11-20-17(16)19-21-15-9-4-8-14(18(15)26(24,25)22-19)12-13-6-2-1-3-7-13/h1-9,11H,10,12H2,(H,21,22). The normalized spacial score (nSPS) is 17.8. The number of Topliss-reactive ketones (excluding diaryl/α,β-unsaturated/α-hetero) is 1. The van der Waals surface area contributed by atoms with Gasteiger partial charge in [-0.25, -0.2) is 4.99 Å². The molecule has 0 amide bonds. The molecule has 0 bridgehead atoms. The van der Waals surface area contributed by atoms with E-state index in [1.54, 1.807) is 24.3 Å². The molecule has 0 unspecified atom stereocenters. The Morgan fingerprint density at radius 3 is 2.62 bits per heavy atom. The second kappa shape index (κ2) is 6.34. The number of hydrogen-bond donors (Lipinski definition) is 1. The van der Waals surface area contributed by atoms with Crippen LogP contribution in [0.4, 0.5) is 5.69 Å². The van der Waals surface area contributed by atoms with Crippen molar-refractivity contribution in [3.05, 3.63) is 71.9 Å². The number of nitrogens with one attached hydrogen (secondary N) is 1. The third-order valence-electron chi connectivity index (χ3n) is 4.16. The highest BCUT2D eigenvalue weighted by Crippen LogP contribution is 2.32. The predicted molar refractivity (Wildman–Crippen MR) is 100 cm³/mol. The first-order valence-corrected chi connectivity index (χ1v) is 9.53. The fraction of sp³-hybridized carbons (Fsp3) is 0.105. The Morgan fingerprint density at radius 1 is 1.04 bits per heavy atom. The molecule has 2 aliphatic heterocycles. The SMILES string of the molecule is O=C1CC=CN=C1C1=NS(=O)(=O)c2c(Cc3ccccc3)cccc2N1. The molecule has 0 atom stereocenters. The van der Waals surface area contributed by atoms with Gasteiger partial charge in [0.1, 0.15) is 10.6 Å². The van der Waals surface area contributed by atoms with E-state index in [2.05, 4.69) is 14.7 Å². The molecule has 2 aliphatic rings. The Morgan fingerprint density at radius 2 is 1.85 bits per heavy atom. The van der Waals surface area contributed by atoms with Crippen molar-refractivity contribution in [1.29, 1.82) is 0 Å². The van der Waals surface area contributed by atoms with Crippen molar-refractivity contribution >= 4 is 33.0 Å². The summed E-state index contributed by atoms with van der Waals surface area (Å²) in [4.78, 5) is 16.2. The lowest BCUT2D eigenvalue weighted by molar-refractivity contribution is -0.112. The van der Waals surface area contributed by atoms with Crippen molar-refractivity contribution in [2.75, 3.05) is 5.32 Å². The molecule has 0 aromatic heterocycles. The Hall–Kier alpha value is -3.06. The van der Waals surface area contributed by atoms with Gasteiger partial charge < -0.3 is 5.32 Å². The van der Waals surface area contributed by atoms with Crippen LogP contribution in [0, 0.1) is 0 Å². The van der Waals surface area contributed by atoms with Gasteiger partial charge in [-0.05, 0) is 23.6 Å². The zero-order chi connectivity index (χ0) is 18.1. The van der Waals surface area contributed by atoms with Crippen LogP contribution in [0.5, 0.6) is 0 Å². The summed E-state index contributed by atoms with van der Waals surface area (Å²) in [5.74, 6) is -0.290. The van der Waals surface area contributed by atoms with E-state index >= 15 is 0 Å². The minimum atomic E-state index is -3.95. The zero-order valence-electron chi connectivity index (χ0n) is 13.7. The largest absolute Gasteiger partial charge is 0.336 e. The number of carbonyl (C=O) groups is 1. The molecule has 0 aliphatic carbocycles. The van der Waals surface area contributed by atoms with Crippen LogP contribution in [0.2, 0.25) is 0 Å². The number of hydrogen-bond acceptors (Lipinski definition) is 5. The van der Waals surface area contributed by atoms with Crippen molar-refractivity contribution in [3.8, 4) is 0 Å². The summed E-state index contributed by atoms with van der Waals surface area (Å²) in [7, 11) is -3.95. The average Bonchev–Trinajstić information content (AvgIpc) is 2.62. The van der Waals surface area contributed by atoms with Gasteiger partial charge in [0.25, 0.3) is 10.0 Å². The molecule has 130 valence electrons. The number of ketones is 1. The van der Waals surface area contributed by atoms with Gasteiger partial charge in [-0.1, -0.05) is 48.5 Å². The van der Waals surface area contributed by atoms with E-state index in [9.17, 15) is 13.2 Å². The van der Waals surface area contributed by atoms with E-state index in [1.165, 1.54) is 6.20 Å². The maximum absolute atomic E-state index is 12.8. The third kappa shape index (κ3) is 2.97. The topological polar surface area (TPSA) is 88.0 Å². The molecule has 0 spiro atoms. The third-order valence-corrected chi connectivity index (χ3v) is 5.58. The van der Waals surface area contributed by atoms with Crippen molar-refractivity contribution in [2.45, 2.75) is 17.7 Å². The van der Waals surface area contributed by atoms with Crippen molar-refractivity contribution < 1.29 is 13.2 Å². The molecule has 0 saturated heterocycles. The van der Waals surface area contributed by atoms with E-state index in [0.717, 1.165) is 5.56 Å². The fourth-order valence-corrected chi connectivity index (χ4v) is 4.34. The van der Waals surface area contributed by atoms with Gasteiger partial charge in [0.2, 0.25) is 0 Å². The molecule has 2 aromatic carbocycles. The van der Waals surface area contributed by atoms with Crippen LogP contribution in [0.1, 0.15) is 17.5 Å². The number of sulfonamides is 1. The molecule has 4 rings (SSSR count). The molecule has 0 saturated carbocycles. The Bertz CT molecular complexity index is 1080. The Labute approximate surface area is 151 Å². The summed E-state index contributed by atoms with van der Waals surface area (Å²) in [5.41, 5.74) is 2.10. The molecule has 26 heavy (non-hydrogen) atoms. The van der Waals surface area contributed by atoms with E-state index in [-0.39, 0.29) is 28.6 Å². The summed E-state index contributed by atoms with van der Waals surface area (Å²) in [5, 5.41) is 2.96. The van der Waals surface area contributed by atoms with Gasteiger partial charge in [-0.3, -0.25) is 4.79 Å². The number of carbonyl (C=O) groups excluding carboxylic acids is 1. The summed E-state index contributed by atoms with van der Waals surface area (Å²) in [6.45, 7) is 0.